The Bertz CT molecular complexity index is 811. The van der Waals surface area contributed by atoms with Crippen molar-refractivity contribution < 1.29 is 14.0 Å². The van der Waals surface area contributed by atoms with Crippen molar-refractivity contribution >= 4 is 29.3 Å². The van der Waals surface area contributed by atoms with E-state index in [9.17, 15) is 9.59 Å². The van der Waals surface area contributed by atoms with Gasteiger partial charge < -0.3 is 14.6 Å². The lowest BCUT2D eigenvalue weighted by molar-refractivity contribution is -0.116. The average molecular weight is 370 g/mol. The maximum absolute atomic E-state index is 12.4. The molecular formula is C20H22N2O3S. The zero-order valence-electron chi connectivity index (χ0n) is 14.6. The molecule has 1 aromatic heterocycles. The monoisotopic (exact) mass is 370 g/mol. The summed E-state index contributed by atoms with van der Waals surface area (Å²) in [5.74, 6) is 1.25. The van der Waals surface area contributed by atoms with Crippen molar-refractivity contribution in [3.05, 3.63) is 47.9 Å². The van der Waals surface area contributed by atoms with Gasteiger partial charge in [0.1, 0.15) is 5.76 Å². The van der Waals surface area contributed by atoms with Crippen LogP contribution in [0.5, 0.6) is 0 Å². The zero-order valence-corrected chi connectivity index (χ0v) is 15.4. The second-order valence-corrected chi connectivity index (χ2v) is 7.83. The van der Waals surface area contributed by atoms with Gasteiger partial charge in [-0.05, 0) is 37.1 Å². The number of thioether (sulfide) groups is 1. The molecule has 1 fully saturated rings. The van der Waals surface area contributed by atoms with E-state index < -0.39 is 0 Å². The summed E-state index contributed by atoms with van der Waals surface area (Å²) >= 11 is 1.55. The van der Waals surface area contributed by atoms with Crippen molar-refractivity contribution in [1.82, 2.24) is 5.32 Å². The number of carbonyl (C=O) groups excluding carboxylic acids is 2. The van der Waals surface area contributed by atoms with Crippen LogP contribution in [0.25, 0.3) is 0 Å². The van der Waals surface area contributed by atoms with Gasteiger partial charge in [0.15, 0.2) is 5.76 Å². The molecule has 0 spiro atoms. The number of fused-ring (bicyclic) bond motifs is 1. The molecule has 2 aromatic rings. The molecule has 2 amide bonds. The predicted octanol–water partition coefficient (Wildman–Crippen LogP) is 3.98. The highest BCUT2D eigenvalue weighted by molar-refractivity contribution is 8.00. The molecule has 1 N–H and O–H groups in total. The van der Waals surface area contributed by atoms with Gasteiger partial charge >= 0.3 is 0 Å². The minimum absolute atomic E-state index is 0.0540. The minimum Gasteiger partial charge on any atom is -0.454 e. The number of carbonyl (C=O) groups is 2. The molecule has 0 bridgehead atoms. The van der Waals surface area contributed by atoms with Crippen LogP contribution in [0.1, 0.15) is 48.4 Å². The minimum atomic E-state index is -0.163. The summed E-state index contributed by atoms with van der Waals surface area (Å²) in [4.78, 5) is 27.6. The predicted molar refractivity (Wildman–Crippen MR) is 101 cm³/mol. The van der Waals surface area contributed by atoms with Gasteiger partial charge in [-0.3, -0.25) is 9.59 Å². The number of benzene rings is 1. The van der Waals surface area contributed by atoms with E-state index in [2.05, 4.69) is 5.32 Å². The normalized spacial score (nSPS) is 17.8. The molecule has 0 saturated heterocycles. The third-order valence-corrected chi connectivity index (χ3v) is 6.00. The Balaban J connectivity index is 1.45. The van der Waals surface area contributed by atoms with E-state index in [1.807, 2.05) is 24.3 Å². The number of amides is 2. The van der Waals surface area contributed by atoms with Gasteiger partial charge in [-0.15, -0.1) is 11.8 Å². The van der Waals surface area contributed by atoms with Crippen LogP contribution in [0.3, 0.4) is 0 Å². The Labute approximate surface area is 157 Å². The van der Waals surface area contributed by atoms with Gasteiger partial charge in [0.25, 0.3) is 5.91 Å². The fourth-order valence-electron chi connectivity index (χ4n) is 3.57. The highest BCUT2D eigenvalue weighted by Crippen LogP contribution is 2.35. The average Bonchev–Trinajstić information content (AvgIpc) is 3.14. The van der Waals surface area contributed by atoms with Gasteiger partial charge in [-0.2, -0.15) is 0 Å². The van der Waals surface area contributed by atoms with Gasteiger partial charge in [-0.25, -0.2) is 0 Å². The lowest BCUT2D eigenvalue weighted by Crippen LogP contribution is -2.36. The Morgan fingerprint density at radius 2 is 1.96 bits per heavy atom. The molecule has 0 unspecified atom stereocenters. The molecular weight excluding hydrogens is 348 g/mol. The smallest absolute Gasteiger partial charge is 0.287 e. The van der Waals surface area contributed by atoms with Crippen molar-refractivity contribution in [3.8, 4) is 0 Å². The fraction of sp³-hybridized carbons (Fsp3) is 0.400. The van der Waals surface area contributed by atoms with E-state index in [0.29, 0.717) is 23.8 Å². The van der Waals surface area contributed by atoms with E-state index in [4.69, 9.17) is 4.42 Å². The number of nitrogens with zero attached hydrogens (tertiary/aromatic N) is 1. The molecule has 1 aliphatic carbocycles. The number of hydrogen-bond acceptors (Lipinski definition) is 4. The van der Waals surface area contributed by atoms with Crippen LogP contribution in [0.15, 0.2) is 45.7 Å². The quantitative estimate of drug-likeness (QED) is 0.884. The third kappa shape index (κ3) is 3.65. The van der Waals surface area contributed by atoms with E-state index in [-0.39, 0.29) is 17.9 Å². The van der Waals surface area contributed by atoms with Crippen LogP contribution in [-0.2, 0) is 11.3 Å². The molecule has 26 heavy (non-hydrogen) atoms. The Morgan fingerprint density at radius 3 is 2.81 bits per heavy atom. The Hall–Kier alpha value is -2.21. The number of hydrogen-bond donors (Lipinski definition) is 1. The molecule has 6 heteroatoms. The van der Waals surface area contributed by atoms with Crippen LogP contribution in [0, 0.1) is 0 Å². The summed E-state index contributed by atoms with van der Waals surface area (Å²) < 4.78 is 5.74. The summed E-state index contributed by atoms with van der Waals surface area (Å²) in [5.41, 5.74) is 0.901. The number of furan rings is 1. The molecule has 2 heterocycles. The first-order valence-electron chi connectivity index (χ1n) is 9.12. The second kappa shape index (κ2) is 7.58. The Morgan fingerprint density at radius 1 is 1.15 bits per heavy atom. The molecule has 136 valence electrons. The molecule has 1 aromatic carbocycles. The van der Waals surface area contributed by atoms with Gasteiger partial charge in [0.05, 0.1) is 18.0 Å². The third-order valence-electron chi connectivity index (χ3n) is 4.95. The van der Waals surface area contributed by atoms with Gasteiger partial charge in [-0.1, -0.05) is 31.4 Å². The van der Waals surface area contributed by atoms with E-state index >= 15 is 0 Å². The fourth-order valence-corrected chi connectivity index (χ4v) is 4.51. The number of para-hydroxylation sites is 1. The van der Waals surface area contributed by atoms with Crippen molar-refractivity contribution in [2.24, 2.45) is 0 Å². The summed E-state index contributed by atoms with van der Waals surface area (Å²) in [7, 11) is 0. The van der Waals surface area contributed by atoms with E-state index in [1.165, 1.54) is 19.3 Å². The van der Waals surface area contributed by atoms with E-state index in [0.717, 1.165) is 23.4 Å². The first kappa shape index (κ1) is 17.2. The number of rotatable bonds is 4. The van der Waals surface area contributed by atoms with Crippen molar-refractivity contribution in [1.29, 1.82) is 0 Å². The summed E-state index contributed by atoms with van der Waals surface area (Å²) in [6.07, 6.45) is 5.67. The first-order chi connectivity index (χ1) is 12.7. The van der Waals surface area contributed by atoms with Crippen LogP contribution in [-0.4, -0.2) is 23.6 Å². The standard InChI is InChI=1S/C20H22N2O3S/c23-19-13-26-18-9-5-4-8-16(18)22(19)12-15-10-11-17(25-15)20(24)21-14-6-2-1-3-7-14/h4-5,8-11,14H,1-3,6-7,12-13H2,(H,21,24). The molecule has 5 nitrogen and oxygen atoms in total. The summed E-state index contributed by atoms with van der Waals surface area (Å²) in [5, 5.41) is 3.06. The maximum atomic E-state index is 12.4. The van der Waals surface area contributed by atoms with Crippen LogP contribution >= 0.6 is 11.8 Å². The molecule has 2 aliphatic rings. The van der Waals surface area contributed by atoms with E-state index in [1.54, 1.807) is 28.8 Å². The van der Waals surface area contributed by atoms with Crippen molar-refractivity contribution in [2.45, 2.75) is 49.6 Å². The number of nitrogens with one attached hydrogen (secondary N) is 1. The lowest BCUT2D eigenvalue weighted by atomic mass is 9.95. The van der Waals surface area contributed by atoms with Crippen molar-refractivity contribution in [3.63, 3.8) is 0 Å². The first-order valence-corrected chi connectivity index (χ1v) is 10.1. The van der Waals surface area contributed by atoms with Gasteiger partial charge in [0, 0.05) is 10.9 Å². The highest BCUT2D eigenvalue weighted by atomic mass is 32.2. The van der Waals surface area contributed by atoms with Crippen LogP contribution in [0.4, 0.5) is 5.69 Å². The maximum Gasteiger partial charge on any atom is 0.287 e. The van der Waals surface area contributed by atoms with Crippen LogP contribution in [0.2, 0.25) is 0 Å². The molecule has 0 atom stereocenters. The highest BCUT2D eigenvalue weighted by Gasteiger charge is 2.26. The molecule has 0 radical (unpaired) electrons. The second-order valence-electron chi connectivity index (χ2n) is 6.81. The Kier molecular flexibility index (Phi) is 5.02. The van der Waals surface area contributed by atoms with Gasteiger partial charge in [0.2, 0.25) is 5.91 Å². The zero-order chi connectivity index (χ0) is 17.9. The topological polar surface area (TPSA) is 62.6 Å². The summed E-state index contributed by atoms with van der Waals surface area (Å²) in [6, 6.07) is 11.6. The largest absolute Gasteiger partial charge is 0.454 e. The summed E-state index contributed by atoms with van der Waals surface area (Å²) in [6.45, 7) is 0.340. The molecule has 4 rings (SSSR count). The molecule has 1 aliphatic heterocycles. The number of anilines is 1. The molecule has 1 saturated carbocycles. The van der Waals surface area contributed by atoms with Crippen LogP contribution < -0.4 is 10.2 Å². The SMILES string of the molecule is O=C(NC1CCCCC1)c1ccc(CN2C(=O)CSc3ccccc32)o1. The van der Waals surface area contributed by atoms with Crippen molar-refractivity contribution in [2.75, 3.05) is 10.7 Å². The lowest BCUT2D eigenvalue weighted by Gasteiger charge is -2.28.